The summed E-state index contributed by atoms with van der Waals surface area (Å²) in [7, 11) is 0. The zero-order valence-electron chi connectivity index (χ0n) is 18.2. The molecule has 4 rings (SSSR count). The fourth-order valence-electron chi connectivity index (χ4n) is 3.77. The number of hydrogen-bond donors (Lipinski definition) is 0. The number of benzene rings is 4. The van der Waals surface area contributed by atoms with E-state index in [1.54, 1.807) is 12.1 Å². The second-order valence-corrected chi connectivity index (χ2v) is 7.83. The van der Waals surface area contributed by atoms with Gasteiger partial charge < -0.3 is 4.74 Å². The van der Waals surface area contributed by atoms with Crippen molar-refractivity contribution in [2.45, 2.75) is 32.5 Å². The monoisotopic (exact) mass is 444 g/mol. The largest absolute Gasteiger partial charge is 0.573 e. The van der Waals surface area contributed by atoms with Crippen molar-refractivity contribution < 1.29 is 17.9 Å². The van der Waals surface area contributed by atoms with Crippen molar-refractivity contribution in [2.24, 2.45) is 0 Å². The van der Waals surface area contributed by atoms with Crippen molar-refractivity contribution in [3.05, 3.63) is 102 Å². The molecule has 4 heteroatoms. The van der Waals surface area contributed by atoms with Gasteiger partial charge in [-0.3, -0.25) is 0 Å². The van der Waals surface area contributed by atoms with Gasteiger partial charge in [0.2, 0.25) is 0 Å². The lowest BCUT2D eigenvalue weighted by atomic mass is 9.95. The van der Waals surface area contributed by atoms with Gasteiger partial charge in [0.25, 0.3) is 0 Å². The summed E-state index contributed by atoms with van der Waals surface area (Å²) in [5.74, 6) is 6.30. The number of rotatable bonds is 5. The smallest absolute Gasteiger partial charge is 0.406 e. The van der Waals surface area contributed by atoms with Crippen LogP contribution in [0.15, 0.2) is 84.9 Å². The predicted molar refractivity (Wildman–Crippen MR) is 127 cm³/mol. The Hall–Kier alpha value is -3.71. The molecule has 0 spiro atoms. The van der Waals surface area contributed by atoms with Gasteiger partial charge in [-0.25, -0.2) is 0 Å². The maximum atomic E-state index is 12.4. The van der Waals surface area contributed by atoms with E-state index in [-0.39, 0.29) is 5.75 Å². The third kappa shape index (κ3) is 5.75. The van der Waals surface area contributed by atoms with Crippen LogP contribution in [0.5, 0.6) is 5.75 Å². The van der Waals surface area contributed by atoms with Gasteiger partial charge in [0, 0.05) is 11.1 Å². The minimum atomic E-state index is -4.70. The highest BCUT2D eigenvalue weighted by Crippen LogP contribution is 2.32. The highest BCUT2D eigenvalue weighted by atomic mass is 19.4. The van der Waals surface area contributed by atoms with Gasteiger partial charge in [0.15, 0.2) is 0 Å². The topological polar surface area (TPSA) is 9.23 Å². The van der Waals surface area contributed by atoms with Crippen molar-refractivity contribution in [3.8, 4) is 28.7 Å². The van der Waals surface area contributed by atoms with Gasteiger partial charge in [-0.05, 0) is 70.6 Å². The summed E-state index contributed by atoms with van der Waals surface area (Å²) < 4.78 is 41.3. The highest BCUT2D eigenvalue weighted by molar-refractivity contribution is 5.99. The summed E-state index contributed by atoms with van der Waals surface area (Å²) in [4.78, 5) is 0. The molecule has 0 aliphatic heterocycles. The maximum Gasteiger partial charge on any atom is 0.573 e. The van der Waals surface area contributed by atoms with Crippen LogP contribution in [0.2, 0.25) is 0 Å². The van der Waals surface area contributed by atoms with Crippen LogP contribution in [0.4, 0.5) is 13.2 Å². The second kappa shape index (κ2) is 9.83. The molecule has 0 amide bonds. The molecule has 0 radical (unpaired) electrons. The number of unbranched alkanes of at least 4 members (excludes halogenated alkanes) is 1. The molecular weight excluding hydrogens is 421 g/mol. The van der Waals surface area contributed by atoms with Gasteiger partial charge >= 0.3 is 6.36 Å². The Morgan fingerprint density at radius 1 is 0.758 bits per heavy atom. The molecule has 0 N–H and O–H groups in total. The van der Waals surface area contributed by atoms with Crippen LogP contribution in [0.25, 0.3) is 21.9 Å². The van der Waals surface area contributed by atoms with Crippen LogP contribution in [-0.2, 0) is 6.42 Å². The molecule has 0 aromatic heterocycles. The standard InChI is InChI=1S/C29H23F3O/c1-2-3-6-21-9-11-22(12-10-21)13-14-23-17-20-27(28-8-5-4-7-26(23)28)24-15-18-25(19-16-24)33-29(30,31)32/h4-5,7-12,15-20H,2-3,6H2,1H3. The molecule has 33 heavy (non-hydrogen) atoms. The number of hydrogen-bond acceptors (Lipinski definition) is 1. The lowest BCUT2D eigenvalue weighted by molar-refractivity contribution is -0.274. The van der Waals surface area contributed by atoms with Crippen LogP contribution in [0.1, 0.15) is 36.5 Å². The van der Waals surface area contributed by atoms with E-state index in [0.29, 0.717) is 0 Å². The van der Waals surface area contributed by atoms with Gasteiger partial charge in [0.1, 0.15) is 5.75 Å². The van der Waals surface area contributed by atoms with Crippen LogP contribution >= 0.6 is 0 Å². The lowest BCUT2D eigenvalue weighted by Crippen LogP contribution is -2.16. The number of aryl methyl sites for hydroxylation is 1. The Morgan fingerprint density at radius 3 is 2.12 bits per heavy atom. The van der Waals surface area contributed by atoms with Crippen molar-refractivity contribution in [2.75, 3.05) is 0 Å². The van der Waals surface area contributed by atoms with Crippen LogP contribution in [0.3, 0.4) is 0 Å². The quantitative estimate of drug-likeness (QED) is 0.282. The van der Waals surface area contributed by atoms with E-state index in [1.165, 1.54) is 30.5 Å². The predicted octanol–water partition coefficient (Wildman–Crippen LogP) is 8.15. The lowest BCUT2D eigenvalue weighted by Gasteiger charge is -2.11. The zero-order valence-corrected chi connectivity index (χ0v) is 18.2. The minimum absolute atomic E-state index is 0.237. The van der Waals surface area contributed by atoms with Crippen molar-refractivity contribution >= 4 is 10.8 Å². The molecule has 0 fully saturated rings. The molecular formula is C29H23F3O. The van der Waals surface area contributed by atoms with Crippen molar-refractivity contribution in [1.29, 1.82) is 0 Å². The Bertz CT molecular complexity index is 1290. The van der Waals surface area contributed by atoms with E-state index in [2.05, 4.69) is 47.8 Å². The molecule has 0 bridgehead atoms. The molecule has 0 heterocycles. The van der Waals surface area contributed by atoms with E-state index in [4.69, 9.17) is 0 Å². The second-order valence-electron chi connectivity index (χ2n) is 7.83. The number of halogens is 3. The first-order chi connectivity index (χ1) is 15.9. The fourth-order valence-corrected chi connectivity index (χ4v) is 3.77. The molecule has 4 aromatic carbocycles. The van der Waals surface area contributed by atoms with E-state index >= 15 is 0 Å². The third-order valence-electron chi connectivity index (χ3n) is 5.44. The van der Waals surface area contributed by atoms with E-state index < -0.39 is 6.36 Å². The summed E-state index contributed by atoms with van der Waals surface area (Å²) >= 11 is 0. The van der Waals surface area contributed by atoms with E-state index in [9.17, 15) is 13.2 Å². The molecule has 0 atom stereocenters. The van der Waals surface area contributed by atoms with Gasteiger partial charge in [0.05, 0.1) is 0 Å². The average molecular weight is 444 g/mol. The molecule has 1 nitrogen and oxygen atoms in total. The third-order valence-corrected chi connectivity index (χ3v) is 5.44. The minimum Gasteiger partial charge on any atom is -0.406 e. The summed E-state index contributed by atoms with van der Waals surface area (Å²) in [6, 6.07) is 26.1. The molecule has 4 aromatic rings. The average Bonchev–Trinajstić information content (AvgIpc) is 2.81. The first-order valence-electron chi connectivity index (χ1n) is 10.9. The molecule has 166 valence electrons. The normalized spacial score (nSPS) is 11.2. The van der Waals surface area contributed by atoms with Crippen LogP contribution in [0, 0.1) is 11.8 Å². The summed E-state index contributed by atoms with van der Waals surface area (Å²) in [6.45, 7) is 2.19. The molecule has 0 saturated carbocycles. The van der Waals surface area contributed by atoms with Crippen LogP contribution in [-0.4, -0.2) is 6.36 Å². The van der Waals surface area contributed by atoms with Gasteiger partial charge in [-0.2, -0.15) is 0 Å². The fraction of sp³-hybridized carbons (Fsp3) is 0.172. The van der Waals surface area contributed by atoms with Gasteiger partial charge in [-0.1, -0.05) is 79.8 Å². The zero-order chi connectivity index (χ0) is 23.3. The first kappa shape index (κ1) is 22.5. The van der Waals surface area contributed by atoms with Crippen molar-refractivity contribution in [3.63, 3.8) is 0 Å². The Morgan fingerprint density at radius 2 is 1.45 bits per heavy atom. The SMILES string of the molecule is CCCCc1ccc(C#Cc2ccc(-c3ccc(OC(F)(F)F)cc3)c3ccccc23)cc1. The highest BCUT2D eigenvalue weighted by Gasteiger charge is 2.31. The van der Waals surface area contributed by atoms with Crippen molar-refractivity contribution in [1.82, 2.24) is 0 Å². The van der Waals surface area contributed by atoms with E-state index in [0.717, 1.165) is 39.4 Å². The molecule has 0 unspecified atom stereocenters. The Labute approximate surface area is 191 Å². The number of alkyl halides is 3. The molecule has 0 aliphatic rings. The Kier molecular flexibility index (Phi) is 6.70. The summed E-state index contributed by atoms with van der Waals surface area (Å²) in [5, 5.41) is 1.99. The summed E-state index contributed by atoms with van der Waals surface area (Å²) in [5.41, 5.74) is 4.92. The maximum absolute atomic E-state index is 12.4. The Balaban J connectivity index is 1.63. The molecule has 0 aliphatic carbocycles. The first-order valence-corrected chi connectivity index (χ1v) is 10.9. The number of ether oxygens (including phenoxy) is 1. The molecule has 0 saturated heterocycles. The van der Waals surface area contributed by atoms with Crippen LogP contribution < -0.4 is 4.74 Å². The number of fused-ring (bicyclic) bond motifs is 1. The van der Waals surface area contributed by atoms with Gasteiger partial charge in [-0.15, -0.1) is 13.2 Å². The van der Waals surface area contributed by atoms with E-state index in [1.807, 2.05) is 36.4 Å². The summed E-state index contributed by atoms with van der Waals surface area (Å²) in [6.07, 6.45) is -1.26.